The first kappa shape index (κ1) is 29.3. The zero-order valence-electron chi connectivity index (χ0n) is 27.0. The van der Waals surface area contributed by atoms with Gasteiger partial charge in [-0.25, -0.2) is 19.9 Å². The molecule has 0 unspecified atom stereocenters. The lowest BCUT2D eigenvalue weighted by Gasteiger charge is -2.15. The van der Waals surface area contributed by atoms with Crippen LogP contribution in [0.5, 0.6) is 0 Å². The zero-order valence-corrected chi connectivity index (χ0v) is 27.0. The van der Waals surface area contributed by atoms with Crippen LogP contribution in [0.15, 0.2) is 176 Å². The molecule has 0 aliphatic carbocycles. The van der Waals surface area contributed by atoms with Crippen molar-refractivity contribution < 1.29 is 0 Å². The minimum Gasteiger partial charge on any atom is -0.264 e. The molecule has 0 spiro atoms. The molecule has 0 N–H and O–H groups in total. The van der Waals surface area contributed by atoms with E-state index in [2.05, 4.69) is 102 Å². The topological polar surface area (TPSA) is 64.5 Å². The maximum absolute atomic E-state index is 5.20. The van der Waals surface area contributed by atoms with Gasteiger partial charge in [-0.2, -0.15) is 0 Å². The molecule has 0 amide bonds. The van der Waals surface area contributed by atoms with E-state index in [1.807, 2.05) is 72.9 Å². The van der Waals surface area contributed by atoms with Gasteiger partial charge in [0, 0.05) is 50.8 Å². The Bertz CT molecular complexity index is 2550. The van der Waals surface area contributed by atoms with Crippen molar-refractivity contribution in [2.24, 2.45) is 0 Å². The smallest absolute Gasteiger partial charge is 0.164 e. The average Bonchev–Trinajstić information content (AvgIpc) is 3.21. The number of fused-ring (bicyclic) bond motifs is 3. The molecular formula is C45H29N5. The first-order valence-electron chi connectivity index (χ1n) is 16.6. The summed E-state index contributed by atoms with van der Waals surface area (Å²) in [6.07, 6.45) is 3.68. The normalized spacial score (nSPS) is 11.2. The van der Waals surface area contributed by atoms with Crippen LogP contribution in [0.2, 0.25) is 0 Å². The van der Waals surface area contributed by atoms with Crippen molar-refractivity contribution in [3.05, 3.63) is 176 Å². The lowest BCUT2D eigenvalue weighted by atomic mass is 9.92. The van der Waals surface area contributed by atoms with Crippen LogP contribution in [0.3, 0.4) is 0 Å². The Labute approximate surface area is 289 Å². The van der Waals surface area contributed by atoms with Gasteiger partial charge in [-0.15, -0.1) is 0 Å². The Hall–Kier alpha value is -6.85. The summed E-state index contributed by atoms with van der Waals surface area (Å²) in [5.41, 5.74) is 10.2. The van der Waals surface area contributed by atoms with Crippen LogP contribution >= 0.6 is 0 Å². The predicted octanol–water partition coefficient (Wildman–Crippen LogP) is 11.0. The van der Waals surface area contributed by atoms with Gasteiger partial charge in [0.1, 0.15) is 0 Å². The van der Waals surface area contributed by atoms with Gasteiger partial charge >= 0.3 is 0 Å². The molecule has 9 aromatic rings. The second-order valence-corrected chi connectivity index (χ2v) is 12.1. The summed E-state index contributed by atoms with van der Waals surface area (Å²) in [6.45, 7) is 0. The van der Waals surface area contributed by atoms with E-state index in [1.165, 1.54) is 16.5 Å². The van der Waals surface area contributed by atoms with Crippen molar-refractivity contribution in [3.8, 4) is 67.7 Å². The predicted molar refractivity (Wildman–Crippen MR) is 203 cm³/mol. The van der Waals surface area contributed by atoms with E-state index in [9.17, 15) is 0 Å². The third-order valence-electron chi connectivity index (χ3n) is 9.01. The number of nitrogens with zero attached hydrogens (tertiary/aromatic N) is 5. The van der Waals surface area contributed by atoms with Crippen molar-refractivity contribution in [3.63, 3.8) is 0 Å². The number of rotatable bonds is 6. The highest BCUT2D eigenvalue weighted by Crippen LogP contribution is 2.40. The number of hydrogen-bond acceptors (Lipinski definition) is 5. The molecule has 234 valence electrons. The summed E-state index contributed by atoms with van der Waals surface area (Å²) in [6, 6.07) is 56.2. The molecule has 0 aliphatic rings. The first-order chi connectivity index (χ1) is 24.8. The molecule has 50 heavy (non-hydrogen) atoms. The minimum absolute atomic E-state index is 0.633. The third kappa shape index (κ3) is 5.47. The van der Waals surface area contributed by atoms with E-state index in [0.717, 1.165) is 55.4 Å². The molecule has 9 rings (SSSR count). The number of hydrogen-bond donors (Lipinski definition) is 0. The SMILES string of the molecule is c1ccc(-c2nc(-c3ccccc3)nc(-c3ccc(-c4ccc5nc(-c6cccnc6)c6cccc(-c7ccccc7)c6c5c4)cc3)n2)cc1. The van der Waals surface area contributed by atoms with Crippen molar-refractivity contribution in [1.82, 2.24) is 24.9 Å². The molecule has 6 aromatic carbocycles. The molecule has 5 nitrogen and oxygen atoms in total. The Kier molecular flexibility index (Phi) is 7.41. The quantitative estimate of drug-likeness (QED) is 0.169. The third-order valence-corrected chi connectivity index (χ3v) is 9.01. The molecule has 0 saturated carbocycles. The maximum Gasteiger partial charge on any atom is 0.164 e. The van der Waals surface area contributed by atoms with Gasteiger partial charge in [-0.1, -0.05) is 140 Å². The molecule has 0 aliphatic heterocycles. The summed E-state index contributed by atoms with van der Waals surface area (Å²) in [5.74, 6) is 1.92. The Morgan fingerprint density at radius 2 is 0.880 bits per heavy atom. The molecule has 0 saturated heterocycles. The summed E-state index contributed by atoms with van der Waals surface area (Å²) in [5, 5.41) is 3.37. The Balaban J connectivity index is 1.17. The van der Waals surface area contributed by atoms with Crippen molar-refractivity contribution >= 4 is 21.7 Å². The molecule has 3 heterocycles. The fourth-order valence-corrected chi connectivity index (χ4v) is 6.56. The highest BCUT2D eigenvalue weighted by Gasteiger charge is 2.16. The van der Waals surface area contributed by atoms with Crippen LogP contribution in [-0.2, 0) is 0 Å². The van der Waals surface area contributed by atoms with Crippen LogP contribution in [0, 0.1) is 0 Å². The molecule has 0 fully saturated rings. The van der Waals surface area contributed by atoms with Crippen LogP contribution in [0.4, 0.5) is 0 Å². The van der Waals surface area contributed by atoms with Crippen molar-refractivity contribution in [1.29, 1.82) is 0 Å². The molecular weight excluding hydrogens is 611 g/mol. The van der Waals surface area contributed by atoms with Crippen LogP contribution in [-0.4, -0.2) is 24.9 Å². The number of benzene rings is 6. The molecule has 0 bridgehead atoms. The summed E-state index contributed by atoms with van der Waals surface area (Å²) in [7, 11) is 0. The lowest BCUT2D eigenvalue weighted by Crippen LogP contribution is -2.00. The van der Waals surface area contributed by atoms with Gasteiger partial charge in [0.15, 0.2) is 17.5 Å². The molecule has 0 atom stereocenters. The van der Waals surface area contributed by atoms with Crippen LogP contribution < -0.4 is 0 Å². The van der Waals surface area contributed by atoms with Crippen LogP contribution in [0.1, 0.15) is 0 Å². The second-order valence-electron chi connectivity index (χ2n) is 12.1. The van der Waals surface area contributed by atoms with E-state index in [1.54, 1.807) is 6.20 Å². The van der Waals surface area contributed by atoms with Gasteiger partial charge in [0.25, 0.3) is 0 Å². The van der Waals surface area contributed by atoms with Gasteiger partial charge < -0.3 is 0 Å². The van der Waals surface area contributed by atoms with Gasteiger partial charge in [0.2, 0.25) is 0 Å². The van der Waals surface area contributed by atoms with Gasteiger partial charge in [0.05, 0.1) is 11.2 Å². The number of pyridine rings is 2. The molecule has 3 aromatic heterocycles. The van der Waals surface area contributed by atoms with E-state index in [4.69, 9.17) is 19.9 Å². The molecule has 0 radical (unpaired) electrons. The highest BCUT2D eigenvalue weighted by atomic mass is 15.0. The standard InChI is InChI=1S/C45H29N5/c1-4-12-31(13-5-1)37-19-10-20-38-41(37)39-28-35(25-26-40(39)47-42(38)36-18-11-27-46-29-36)30-21-23-34(24-22-30)45-49-43(32-14-6-2-7-15-32)48-44(50-45)33-16-8-3-9-17-33/h1-29H. The first-order valence-corrected chi connectivity index (χ1v) is 16.6. The Morgan fingerprint density at radius 3 is 1.48 bits per heavy atom. The average molecular weight is 640 g/mol. The highest BCUT2D eigenvalue weighted by molar-refractivity contribution is 6.17. The largest absolute Gasteiger partial charge is 0.264 e. The van der Waals surface area contributed by atoms with Crippen LogP contribution in [0.25, 0.3) is 89.4 Å². The summed E-state index contributed by atoms with van der Waals surface area (Å²) in [4.78, 5) is 24.3. The van der Waals surface area contributed by atoms with Gasteiger partial charge in [-0.05, 0) is 46.5 Å². The van der Waals surface area contributed by atoms with E-state index in [-0.39, 0.29) is 0 Å². The van der Waals surface area contributed by atoms with E-state index >= 15 is 0 Å². The monoisotopic (exact) mass is 639 g/mol. The second kappa shape index (κ2) is 12.6. The Morgan fingerprint density at radius 1 is 0.340 bits per heavy atom. The minimum atomic E-state index is 0.633. The maximum atomic E-state index is 5.20. The lowest BCUT2D eigenvalue weighted by molar-refractivity contribution is 1.07. The zero-order chi connectivity index (χ0) is 33.3. The van der Waals surface area contributed by atoms with E-state index in [0.29, 0.717) is 17.5 Å². The summed E-state index contributed by atoms with van der Waals surface area (Å²) < 4.78 is 0. The van der Waals surface area contributed by atoms with Crippen molar-refractivity contribution in [2.75, 3.05) is 0 Å². The van der Waals surface area contributed by atoms with E-state index < -0.39 is 0 Å². The van der Waals surface area contributed by atoms with Gasteiger partial charge in [-0.3, -0.25) is 4.98 Å². The summed E-state index contributed by atoms with van der Waals surface area (Å²) >= 11 is 0. The fourth-order valence-electron chi connectivity index (χ4n) is 6.56. The fraction of sp³-hybridized carbons (Fsp3) is 0. The number of aromatic nitrogens is 5. The molecule has 5 heteroatoms. The van der Waals surface area contributed by atoms with Crippen molar-refractivity contribution in [2.45, 2.75) is 0 Å².